The Morgan fingerprint density at radius 2 is 1.94 bits per heavy atom. The standard InChI is InChI=1S/C12H22N2O4/c1-2-13(6-3-7-15)12(18)14(9-11(16)17)8-10-4-5-10/h10,15H,2-9H2,1H3,(H,16,17). The number of aliphatic hydroxyl groups excluding tert-OH is 1. The van der Waals surface area contributed by atoms with Crippen molar-refractivity contribution in [2.45, 2.75) is 26.2 Å². The first kappa shape index (κ1) is 14.8. The summed E-state index contributed by atoms with van der Waals surface area (Å²) in [6, 6.07) is -0.236. The fourth-order valence-electron chi connectivity index (χ4n) is 1.84. The van der Waals surface area contributed by atoms with E-state index in [-0.39, 0.29) is 19.2 Å². The maximum atomic E-state index is 12.2. The number of carbonyl (C=O) groups is 2. The number of aliphatic carboxylic acids is 1. The van der Waals surface area contributed by atoms with Crippen molar-refractivity contribution in [3.8, 4) is 0 Å². The number of carbonyl (C=O) groups excluding carboxylic acids is 1. The SMILES string of the molecule is CCN(CCCO)C(=O)N(CC(=O)O)CC1CC1. The van der Waals surface area contributed by atoms with Crippen LogP contribution < -0.4 is 0 Å². The molecule has 6 heteroatoms. The third-order valence-electron chi connectivity index (χ3n) is 3.01. The Labute approximate surface area is 107 Å². The predicted molar refractivity (Wildman–Crippen MR) is 66.3 cm³/mol. The van der Waals surface area contributed by atoms with Gasteiger partial charge in [-0.05, 0) is 32.1 Å². The predicted octanol–water partition coefficient (Wildman–Crippen LogP) is 0.607. The second kappa shape index (κ2) is 7.20. The largest absolute Gasteiger partial charge is 0.480 e. The minimum Gasteiger partial charge on any atom is -0.480 e. The van der Waals surface area contributed by atoms with E-state index < -0.39 is 5.97 Å². The highest BCUT2D eigenvalue weighted by Gasteiger charge is 2.29. The maximum absolute atomic E-state index is 12.2. The Hall–Kier alpha value is -1.30. The number of hydrogen-bond donors (Lipinski definition) is 2. The van der Waals surface area contributed by atoms with Gasteiger partial charge in [0.25, 0.3) is 0 Å². The van der Waals surface area contributed by atoms with Gasteiger partial charge >= 0.3 is 12.0 Å². The molecule has 1 aliphatic rings. The van der Waals surface area contributed by atoms with Crippen LogP contribution in [0.15, 0.2) is 0 Å². The molecule has 0 aromatic carbocycles. The molecule has 2 amide bonds. The summed E-state index contributed by atoms with van der Waals surface area (Å²) in [5.41, 5.74) is 0. The van der Waals surface area contributed by atoms with Crippen LogP contribution >= 0.6 is 0 Å². The molecule has 0 heterocycles. The fraction of sp³-hybridized carbons (Fsp3) is 0.833. The molecule has 6 nitrogen and oxygen atoms in total. The van der Waals surface area contributed by atoms with Crippen LogP contribution in [-0.2, 0) is 4.79 Å². The summed E-state index contributed by atoms with van der Waals surface area (Å²) >= 11 is 0. The lowest BCUT2D eigenvalue weighted by molar-refractivity contribution is -0.137. The quantitative estimate of drug-likeness (QED) is 0.668. The van der Waals surface area contributed by atoms with Crippen molar-refractivity contribution in [2.75, 3.05) is 32.8 Å². The highest BCUT2D eigenvalue weighted by Crippen LogP contribution is 2.29. The highest BCUT2D eigenvalue weighted by atomic mass is 16.4. The molecule has 1 rings (SSSR count). The van der Waals surface area contributed by atoms with Gasteiger partial charge in [0, 0.05) is 26.2 Å². The molecule has 0 bridgehead atoms. The minimum absolute atomic E-state index is 0.0331. The molecule has 1 saturated carbocycles. The number of carboxylic acid groups (broad SMARTS) is 1. The van der Waals surface area contributed by atoms with E-state index in [2.05, 4.69) is 0 Å². The Morgan fingerprint density at radius 3 is 2.39 bits per heavy atom. The topological polar surface area (TPSA) is 81.1 Å². The number of carboxylic acids is 1. The highest BCUT2D eigenvalue weighted by molar-refractivity contribution is 5.80. The summed E-state index contributed by atoms with van der Waals surface area (Å²) in [6.07, 6.45) is 2.67. The summed E-state index contributed by atoms with van der Waals surface area (Å²) in [5.74, 6) is -0.521. The normalized spacial score (nSPS) is 14.3. The number of aliphatic hydroxyl groups is 1. The summed E-state index contributed by atoms with van der Waals surface area (Å²) in [4.78, 5) is 26.0. The number of nitrogens with zero attached hydrogens (tertiary/aromatic N) is 2. The number of rotatable bonds is 8. The molecule has 1 fully saturated rings. The van der Waals surface area contributed by atoms with Crippen LogP contribution in [0.2, 0.25) is 0 Å². The Morgan fingerprint density at radius 1 is 1.28 bits per heavy atom. The summed E-state index contributed by atoms with van der Waals surface area (Å²) in [7, 11) is 0. The Balaban J connectivity index is 2.56. The molecule has 0 saturated heterocycles. The molecule has 0 atom stereocenters. The van der Waals surface area contributed by atoms with E-state index in [0.717, 1.165) is 12.8 Å². The fourth-order valence-corrected chi connectivity index (χ4v) is 1.84. The van der Waals surface area contributed by atoms with Crippen molar-refractivity contribution in [2.24, 2.45) is 5.92 Å². The van der Waals surface area contributed by atoms with Crippen molar-refractivity contribution < 1.29 is 19.8 Å². The summed E-state index contributed by atoms with van der Waals surface area (Å²) in [5, 5.41) is 17.6. The van der Waals surface area contributed by atoms with Crippen molar-refractivity contribution in [3.63, 3.8) is 0 Å². The van der Waals surface area contributed by atoms with Crippen LogP contribution in [0.3, 0.4) is 0 Å². The zero-order chi connectivity index (χ0) is 13.5. The first-order chi connectivity index (χ1) is 8.58. The second-order valence-corrected chi connectivity index (χ2v) is 4.66. The van der Waals surface area contributed by atoms with Crippen LogP contribution in [0.4, 0.5) is 4.79 Å². The lowest BCUT2D eigenvalue weighted by Gasteiger charge is -2.29. The van der Waals surface area contributed by atoms with Gasteiger partial charge in [-0.2, -0.15) is 0 Å². The average Bonchev–Trinajstić information content (AvgIpc) is 3.12. The van der Waals surface area contributed by atoms with Gasteiger partial charge in [-0.1, -0.05) is 0 Å². The van der Waals surface area contributed by atoms with Crippen molar-refractivity contribution in [3.05, 3.63) is 0 Å². The van der Waals surface area contributed by atoms with Crippen LogP contribution in [0.1, 0.15) is 26.2 Å². The van der Waals surface area contributed by atoms with Crippen molar-refractivity contribution in [1.29, 1.82) is 0 Å². The molecule has 18 heavy (non-hydrogen) atoms. The van der Waals surface area contributed by atoms with E-state index in [0.29, 0.717) is 32.0 Å². The van der Waals surface area contributed by atoms with Gasteiger partial charge < -0.3 is 20.0 Å². The third kappa shape index (κ3) is 4.91. The van der Waals surface area contributed by atoms with E-state index in [4.69, 9.17) is 10.2 Å². The van der Waals surface area contributed by atoms with E-state index in [1.54, 1.807) is 4.90 Å². The molecular formula is C12H22N2O4. The van der Waals surface area contributed by atoms with E-state index >= 15 is 0 Å². The molecule has 104 valence electrons. The van der Waals surface area contributed by atoms with Crippen LogP contribution in [0, 0.1) is 5.92 Å². The second-order valence-electron chi connectivity index (χ2n) is 4.66. The van der Waals surface area contributed by atoms with Gasteiger partial charge in [-0.15, -0.1) is 0 Å². The van der Waals surface area contributed by atoms with Gasteiger partial charge in [0.05, 0.1) is 0 Å². The van der Waals surface area contributed by atoms with Crippen LogP contribution in [0.25, 0.3) is 0 Å². The maximum Gasteiger partial charge on any atom is 0.323 e. The molecule has 2 N–H and O–H groups in total. The van der Waals surface area contributed by atoms with Gasteiger partial charge in [-0.25, -0.2) is 4.79 Å². The first-order valence-electron chi connectivity index (χ1n) is 6.45. The van der Waals surface area contributed by atoms with E-state index in [9.17, 15) is 9.59 Å². The lowest BCUT2D eigenvalue weighted by atomic mass is 10.3. The molecule has 0 aromatic rings. The monoisotopic (exact) mass is 258 g/mol. The summed E-state index contributed by atoms with van der Waals surface area (Å²) in [6.45, 7) is 3.16. The molecule has 1 aliphatic carbocycles. The minimum atomic E-state index is -0.984. The van der Waals surface area contributed by atoms with Crippen LogP contribution in [0.5, 0.6) is 0 Å². The van der Waals surface area contributed by atoms with Crippen LogP contribution in [-0.4, -0.2) is 64.8 Å². The molecular weight excluding hydrogens is 236 g/mol. The van der Waals surface area contributed by atoms with Gasteiger partial charge in [0.1, 0.15) is 6.54 Å². The molecule has 0 aromatic heterocycles. The molecule has 0 unspecified atom stereocenters. The lowest BCUT2D eigenvalue weighted by Crippen LogP contribution is -2.46. The molecule has 0 aliphatic heterocycles. The molecule has 0 spiro atoms. The number of hydrogen-bond acceptors (Lipinski definition) is 3. The third-order valence-corrected chi connectivity index (χ3v) is 3.01. The number of amides is 2. The zero-order valence-electron chi connectivity index (χ0n) is 10.8. The smallest absolute Gasteiger partial charge is 0.323 e. The summed E-state index contributed by atoms with van der Waals surface area (Å²) < 4.78 is 0. The van der Waals surface area contributed by atoms with E-state index in [1.807, 2.05) is 6.92 Å². The van der Waals surface area contributed by atoms with Gasteiger partial charge in [0.15, 0.2) is 0 Å². The number of urea groups is 1. The molecule has 0 radical (unpaired) electrons. The van der Waals surface area contributed by atoms with Gasteiger partial charge in [-0.3, -0.25) is 4.79 Å². The van der Waals surface area contributed by atoms with Crippen molar-refractivity contribution in [1.82, 2.24) is 9.80 Å². The Kier molecular flexibility index (Phi) is 5.91. The Bertz CT molecular complexity index is 292. The van der Waals surface area contributed by atoms with Crippen molar-refractivity contribution >= 4 is 12.0 Å². The van der Waals surface area contributed by atoms with Gasteiger partial charge in [0.2, 0.25) is 0 Å². The zero-order valence-corrected chi connectivity index (χ0v) is 10.8. The van der Waals surface area contributed by atoms with E-state index in [1.165, 1.54) is 4.90 Å². The first-order valence-corrected chi connectivity index (χ1v) is 6.45. The average molecular weight is 258 g/mol.